The maximum absolute atomic E-state index is 13.1. The van der Waals surface area contributed by atoms with Gasteiger partial charge in [0.1, 0.15) is 23.8 Å². The molecule has 2 aromatic heterocycles. The Morgan fingerprint density at radius 2 is 1.85 bits per heavy atom. The second-order valence-corrected chi connectivity index (χ2v) is 9.48. The highest BCUT2D eigenvalue weighted by molar-refractivity contribution is 5.95. The minimum absolute atomic E-state index is 0.148. The van der Waals surface area contributed by atoms with Crippen molar-refractivity contribution in [3.63, 3.8) is 0 Å². The number of piperidine rings is 1. The van der Waals surface area contributed by atoms with E-state index >= 15 is 0 Å². The van der Waals surface area contributed by atoms with Crippen molar-refractivity contribution < 1.29 is 32.5 Å². The van der Waals surface area contributed by atoms with Gasteiger partial charge < -0.3 is 19.1 Å². The van der Waals surface area contributed by atoms with Crippen molar-refractivity contribution in [2.45, 2.75) is 38.5 Å². The van der Waals surface area contributed by atoms with Crippen LogP contribution in [-0.4, -0.2) is 50.2 Å². The fourth-order valence-electron chi connectivity index (χ4n) is 4.82. The SMILES string of the molecule is Cn1c(CN2CCC(c3cccc(OCc4ccc(F)cc4)n3)CC2)nc2c(OC(F)F)cc(C(=O)O)cc21. The summed E-state index contributed by atoms with van der Waals surface area (Å²) in [5, 5.41) is 9.38. The lowest BCUT2D eigenvalue weighted by molar-refractivity contribution is -0.0489. The third-order valence-electron chi connectivity index (χ3n) is 6.92. The number of rotatable bonds is 9. The molecular weight excluding hydrogens is 513 g/mol. The molecule has 0 radical (unpaired) electrons. The van der Waals surface area contributed by atoms with Gasteiger partial charge >= 0.3 is 12.6 Å². The molecule has 1 fully saturated rings. The van der Waals surface area contributed by atoms with Gasteiger partial charge in [0, 0.05) is 24.7 Å². The summed E-state index contributed by atoms with van der Waals surface area (Å²) < 4.78 is 51.1. The first-order valence-corrected chi connectivity index (χ1v) is 12.5. The van der Waals surface area contributed by atoms with Gasteiger partial charge in [0.2, 0.25) is 5.88 Å². The summed E-state index contributed by atoms with van der Waals surface area (Å²) >= 11 is 0. The van der Waals surface area contributed by atoms with Crippen molar-refractivity contribution in [3.05, 3.63) is 83.1 Å². The molecule has 0 atom stereocenters. The lowest BCUT2D eigenvalue weighted by atomic mass is 9.93. The van der Waals surface area contributed by atoms with E-state index < -0.39 is 12.6 Å². The minimum atomic E-state index is -3.10. The Morgan fingerprint density at radius 3 is 2.54 bits per heavy atom. The van der Waals surface area contributed by atoms with Crippen LogP contribution in [0.4, 0.5) is 13.2 Å². The second kappa shape index (κ2) is 11.3. The van der Waals surface area contributed by atoms with E-state index in [0.717, 1.165) is 43.3 Å². The molecule has 0 bridgehead atoms. The monoisotopic (exact) mass is 540 g/mol. The maximum Gasteiger partial charge on any atom is 0.387 e. The standard InChI is InChI=1S/C28H27F3N4O4/c1-34-22-13-19(27(36)37)14-23(39-28(30)31)26(22)33-24(34)15-35-11-9-18(10-12-35)21-3-2-4-25(32-21)38-16-17-5-7-20(29)8-6-17/h2-8,13-14,18,28H,9-12,15-16H2,1H3,(H,36,37). The number of benzene rings is 2. The number of nitrogens with zero attached hydrogens (tertiary/aromatic N) is 4. The summed E-state index contributed by atoms with van der Waals surface area (Å²) in [5.74, 6) is -0.396. The van der Waals surface area contributed by atoms with Crippen molar-refractivity contribution in [1.29, 1.82) is 0 Å². The second-order valence-electron chi connectivity index (χ2n) is 9.48. The van der Waals surface area contributed by atoms with E-state index in [2.05, 4.69) is 19.6 Å². The Balaban J connectivity index is 1.23. The van der Waals surface area contributed by atoms with Crippen LogP contribution in [0.5, 0.6) is 11.6 Å². The molecule has 3 heterocycles. The summed E-state index contributed by atoms with van der Waals surface area (Å²) in [6, 6.07) is 14.3. The van der Waals surface area contributed by atoms with Gasteiger partial charge in [0.25, 0.3) is 0 Å². The number of ether oxygens (including phenoxy) is 2. The van der Waals surface area contributed by atoms with Gasteiger partial charge in [-0.25, -0.2) is 19.2 Å². The summed E-state index contributed by atoms with van der Waals surface area (Å²) in [4.78, 5) is 22.9. The number of fused-ring (bicyclic) bond motifs is 1. The number of pyridine rings is 1. The average Bonchev–Trinajstić information content (AvgIpc) is 3.24. The lowest BCUT2D eigenvalue weighted by Gasteiger charge is -2.31. The third kappa shape index (κ3) is 6.14. The molecule has 0 amide bonds. The van der Waals surface area contributed by atoms with E-state index in [1.807, 2.05) is 12.1 Å². The predicted molar refractivity (Wildman–Crippen MR) is 137 cm³/mol. The molecule has 2 aromatic carbocycles. The number of halogens is 3. The zero-order valence-corrected chi connectivity index (χ0v) is 21.2. The van der Waals surface area contributed by atoms with Crippen molar-refractivity contribution in [2.75, 3.05) is 13.1 Å². The number of hydrogen-bond acceptors (Lipinski definition) is 6. The Hall–Kier alpha value is -4.12. The molecule has 39 heavy (non-hydrogen) atoms. The van der Waals surface area contributed by atoms with Gasteiger partial charge in [0.15, 0.2) is 5.75 Å². The van der Waals surface area contributed by atoms with Crippen molar-refractivity contribution in [1.82, 2.24) is 19.4 Å². The van der Waals surface area contributed by atoms with Crippen molar-refractivity contribution in [2.24, 2.45) is 7.05 Å². The van der Waals surface area contributed by atoms with Crippen LogP contribution in [0.15, 0.2) is 54.6 Å². The fraction of sp³-hybridized carbons (Fsp3) is 0.321. The zero-order chi connectivity index (χ0) is 27.5. The Labute approximate surface area is 222 Å². The van der Waals surface area contributed by atoms with Crippen LogP contribution in [0, 0.1) is 5.82 Å². The first-order valence-electron chi connectivity index (χ1n) is 12.5. The van der Waals surface area contributed by atoms with E-state index in [1.165, 1.54) is 18.2 Å². The van der Waals surface area contributed by atoms with Gasteiger partial charge in [-0.1, -0.05) is 18.2 Å². The number of aryl methyl sites for hydroxylation is 1. The maximum atomic E-state index is 13.1. The number of likely N-dealkylation sites (tertiary alicyclic amines) is 1. The summed E-state index contributed by atoms with van der Waals surface area (Å²) in [7, 11) is 1.73. The van der Waals surface area contributed by atoms with Crippen LogP contribution >= 0.6 is 0 Å². The molecule has 0 spiro atoms. The highest BCUT2D eigenvalue weighted by Crippen LogP contribution is 2.32. The molecule has 1 saturated heterocycles. The molecule has 0 aliphatic carbocycles. The molecule has 204 valence electrons. The summed E-state index contributed by atoms with van der Waals surface area (Å²) in [6.07, 6.45) is 1.72. The van der Waals surface area contributed by atoms with Crippen molar-refractivity contribution in [3.8, 4) is 11.6 Å². The van der Waals surface area contributed by atoms with Crippen LogP contribution in [0.3, 0.4) is 0 Å². The van der Waals surface area contributed by atoms with E-state index in [0.29, 0.717) is 30.4 Å². The Morgan fingerprint density at radius 1 is 1.10 bits per heavy atom. The average molecular weight is 541 g/mol. The van der Waals surface area contributed by atoms with Gasteiger partial charge in [0.05, 0.1) is 17.6 Å². The summed E-state index contributed by atoms with van der Waals surface area (Å²) in [5.41, 5.74) is 2.27. The highest BCUT2D eigenvalue weighted by atomic mass is 19.3. The molecular formula is C28H27F3N4O4. The first kappa shape index (κ1) is 26.5. The van der Waals surface area contributed by atoms with Gasteiger partial charge in [-0.3, -0.25) is 4.90 Å². The van der Waals surface area contributed by atoms with Gasteiger partial charge in [-0.05, 0) is 61.8 Å². The summed E-state index contributed by atoms with van der Waals surface area (Å²) in [6.45, 7) is -0.774. The number of aromatic carboxylic acids is 1. The number of carbonyl (C=O) groups is 1. The lowest BCUT2D eigenvalue weighted by Crippen LogP contribution is -2.33. The quantitative estimate of drug-likeness (QED) is 0.306. The smallest absolute Gasteiger partial charge is 0.387 e. The number of hydrogen-bond donors (Lipinski definition) is 1. The molecule has 5 rings (SSSR count). The molecule has 11 heteroatoms. The first-order chi connectivity index (χ1) is 18.8. The molecule has 0 saturated carbocycles. The minimum Gasteiger partial charge on any atom is -0.478 e. The number of carboxylic acid groups (broad SMARTS) is 1. The van der Waals surface area contributed by atoms with E-state index in [-0.39, 0.29) is 28.6 Å². The molecule has 8 nitrogen and oxygen atoms in total. The number of aromatic nitrogens is 3. The number of alkyl halides is 2. The van der Waals surface area contributed by atoms with Crippen LogP contribution in [0.25, 0.3) is 11.0 Å². The van der Waals surface area contributed by atoms with Crippen LogP contribution < -0.4 is 9.47 Å². The van der Waals surface area contributed by atoms with Crippen LogP contribution in [0.2, 0.25) is 0 Å². The van der Waals surface area contributed by atoms with Gasteiger partial charge in [-0.2, -0.15) is 8.78 Å². The molecule has 1 aliphatic heterocycles. The van der Waals surface area contributed by atoms with E-state index in [1.54, 1.807) is 29.8 Å². The Kier molecular flexibility index (Phi) is 7.69. The van der Waals surface area contributed by atoms with Crippen LogP contribution in [0.1, 0.15) is 46.2 Å². The topological polar surface area (TPSA) is 89.7 Å². The predicted octanol–water partition coefficient (Wildman–Crippen LogP) is 5.37. The van der Waals surface area contributed by atoms with Crippen LogP contribution in [-0.2, 0) is 20.2 Å². The largest absolute Gasteiger partial charge is 0.478 e. The molecule has 0 unspecified atom stereocenters. The Bertz CT molecular complexity index is 1470. The van der Waals surface area contributed by atoms with Gasteiger partial charge in [-0.15, -0.1) is 0 Å². The highest BCUT2D eigenvalue weighted by Gasteiger charge is 2.25. The zero-order valence-electron chi connectivity index (χ0n) is 21.2. The normalized spacial score (nSPS) is 14.7. The number of imidazole rings is 1. The molecule has 1 aliphatic rings. The van der Waals surface area contributed by atoms with Crippen molar-refractivity contribution >= 4 is 17.0 Å². The van der Waals surface area contributed by atoms with E-state index in [4.69, 9.17) is 4.74 Å². The van der Waals surface area contributed by atoms with E-state index in [9.17, 15) is 23.1 Å². The molecule has 4 aromatic rings. The fourth-order valence-corrected chi connectivity index (χ4v) is 4.82. The third-order valence-corrected chi connectivity index (χ3v) is 6.92. The number of carboxylic acids is 1. The molecule has 1 N–H and O–H groups in total.